The van der Waals surface area contributed by atoms with Gasteiger partial charge in [-0.1, -0.05) is 39.0 Å². The van der Waals surface area contributed by atoms with Crippen molar-refractivity contribution in [3.05, 3.63) is 10.0 Å². The van der Waals surface area contributed by atoms with Gasteiger partial charge in [-0.25, -0.2) is 0 Å². The van der Waals surface area contributed by atoms with Crippen molar-refractivity contribution >= 4 is 41.3 Å². The normalized spacial score (nSPS) is 25.8. The molecule has 0 aliphatic heterocycles. The quantitative estimate of drug-likeness (QED) is 0.396. The summed E-state index contributed by atoms with van der Waals surface area (Å²) in [5, 5.41) is 17.3. The number of halogens is 1. The Morgan fingerprint density at radius 3 is 2.50 bits per heavy atom. The number of aromatic nitrogens is 2. The molecule has 1 aliphatic rings. The van der Waals surface area contributed by atoms with Crippen LogP contribution < -0.4 is 10.6 Å². The van der Waals surface area contributed by atoms with E-state index in [1.165, 1.54) is 0 Å². The van der Waals surface area contributed by atoms with E-state index < -0.39 is 0 Å². The first-order valence-electron chi connectivity index (χ1n) is 8.08. The molecule has 0 aromatic carbocycles. The number of ether oxygens (including phenoxy) is 1. The van der Waals surface area contributed by atoms with Crippen LogP contribution in [0.1, 0.15) is 57.0 Å². The molecule has 0 amide bonds. The topological polar surface area (TPSA) is 71.4 Å². The minimum atomic E-state index is -0.0884. The van der Waals surface area contributed by atoms with Crippen LogP contribution in [-0.4, -0.2) is 42.0 Å². The SMILES string of the molecule is CN=C(NCc1nnc(C(C)C)s1)NC1CC(C)(OC)C1(C)C.I. The van der Waals surface area contributed by atoms with E-state index in [0.29, 0.717) is 18.5 Å². The molecular formula is C16H30IN5OS. The maximum Gasteiger partial charge on any atom is 0.191 e. The molecule has 0 bridgehead atoms. The Hall–Kier alpha value is -0.480. The van der Waals surface area contributed by atoms with Gasteiger partial charge in [0.05, 0.1) is 12.1 Å². The summed E-state index contributed by atoms with van der Waals surface area (Å²) in [6.45, 7) is 11.5. The lowest BCUT2D eigenvalue weighted by Crippen LogP contribution is -2.69. The molecule has 6 nitrogen and oxygen atoms in total. The van der Waals surface area contributed by atoms with Crippen LogP contribution in [0.15, 0.2) is 4.99 Å². The van der Waals surface area contributed by atoms with E-state index in [4.69, 9.17) is 4.74 Å². The van der Waals surface area contributed by atoms with Gasteiger partial charge in [0.1, 0.15) is 10.0 Å². The van der Waals surface area contributed by atoms with E-state index in [1.807, 2.05) is 0 Å². The Kier molecular flexibility index (Phi) is 7.43. The molecule has 2 unspecified atom stereocenters. The fourth-order valence-electron chi connectivity index (χ4n) is 2.81. The Balaban J connectivity index is 0.00000288. The largest absolute Gasteiger partial charge is 0.378 e. The highest BCUT2D eigenvalue weighted by Crippen LogP contribution is 2.51. The minimum absolute atomic E-state index is 0. The first-order chi connectivity index (χ1) is 10.7. The van der Waals surface area contributed by atoms with E-state index in [9.17, 15) is 0 Å². The first-order valence-corrected chi connectivity index (χ1v) is 8.89. The Morgan fingerprint density at radius 1 is 1.38 bits per heavy atom. The summed E-state index contributed by atoms with van der Waals surface area (Å²) in [6.07, 6.45) is 0.966. The molecule has 8 heteroatoms. The van der Waals surface area contributed by atoms with E-state index >= 15 is 0 Å². The maximum atomic E-state index is 5.67. The average molecular weight is 467 g/mol. The van der Waals surface area contributed by atoms with Gasteiger partial charge in [-0.3, -0.25) is 4.99 Å². The molecule has 2 rings (SSSR count). The fraction of sp³-hybridized carbons (Fsp3) is 0.812. The van der Waals surface area contributed by atoms with Gasteiger partial charge in [0, 0.05) is 31.5 Å². The first kappa shape index (κ1) is 21.6. The Morgan fingerprint density at radius 2 is 2.04 bits per heavy atom. The summed E-state index contributed by atoms with van der Waals surface area (Å²) in [7, 11) is 3.57. The molecular weight excluding hydrogens is 437 g/mol. The van der Waals surface area contributed by atoms with Gasteiger partial charge in [0.25, 0.3) is 0 Å². The molecule has 0 saturated heterocycles. The highest BCUT2D eigenvalue weighted by atomic mass is 127. The zero-order valence-corrected chi connectivity index (χ0v) is 18.8. The third-order valence-corrected chi connectivity index (χ3v) is 6.42. The molecule has 0 spiro atoms. The van der Waals surface area contributed by atoms with Crippen molar-refractivity contribution in [3.63, 3.8) is 0 Å². The summed E-state index contributed by atoms with van der Waals surface area (Å²) in [5.74, 6) is 1.21. The van der Waals surface area contributed by atoms with Crippen LogP contribution in [0.3, 0.4) is 0 Å². The molecule has 1 fully saturated rings. The van der Waals surface area contributed by atoms with Crippen molar-refractivity contribution in [1.82, 2.24) is 20.8 Å². The van der Waals surface area contributed by atoms with Crippen LogP contribution in [0.5, 0.6) is 0 Å². The van der Waals surface area contributed by atoms with Crippen molar-refractivity contribution < 1.29 is 4.74 Å². The van der Waals surface area contributed by atoms with Crippen molar-refractivity contribution in [2.24, 2.45) is 10.4 Å². The van der Waals surface area contributed by atoms with Gasteiger partial charge >= 0.3 is 0 Å². The van der Waals surface area contributed by atoms with Crippen LogP contribution >= 0.6 is 35.3 Å². The second-order valence-corrected chi connectivity index (χ2v) is 8.27. The summed E-state index contributed by atoms with van der Waals surface area (Å²) in [4.78, 5) is 4.32. The third-order valence-electron chi connectivity index (χ3n) is 5.20. The van der Waals surface area contributed by atoms with E-state index in [2.05, 4.69) is 60.4 Å². The van der Waals surface area contributed by atoms with E-state index in [0.717, 1.165) is 22.4 Å². The molecule has 1 aromatic rings. The summed E-state index contributed by atoms with van der Waals surface area (Å²) >= 11 is 1.65. The number of hydrogen-bond acceptors (Lipinski definition) is 5. The van der Waals surface area contributed by atoms with Crippen LogP contribution in [0.25, 0.3) is 0 Å². The van der Waals surface area contributed by atoms with Crippen LogP contribution in [0.4, 0.5) is 0 Å². The molecule has 1 aromatic heterocycles. The van der Waals surface area contributed by atoms with Gasteiger partial charge in [-0.2, -0.15) is 0 Å². The van der Waals surface area contributed by atoms with Crippen LogP contribution in [0, 0.1) is 5.41 Å². The number of methoxy groups -OCH3 is 1. The Labute approximate surface area is 166 Å². The molecule has 2 N–H and O–H groups in total. The van der Waals surface area contributed by atoms with Gasteiger partial charge in [-0.15, -0.1) is 34.2 Å². The van der Waals surface area contributed by atoms with Gasteiger partial charge < -0.3 is 15.4 Å². The molecule has 24 heavy (non-hydrogen) atoms. The molecule has 1 saturated carbocycles. The second-order valence-electron chi connectivity index (χ2n) is 7.17. The highest BCUT2D eigenvalue weighted by molar-refractivity contribution is 14.0. The van der Waals surface area contributed by atoms with Crippen molar-refractivity contribution in [2.75, 3.05) is 14.2 Å². The zero-order valence-electron chi connectivity index (χ0n) is 15.6. The molecule has 0 radical (unpaired) electrons. The van der Waals surface area contributed by atoms with Gasteiger partial charge in [0.2, 0.25) is 0 Å². The van der Waals surface area contributed by atoms with E-state index in [-0.39, 0.29) is 35.0 Å². The monoisotopic (exact) mass is 467 g/mol. The van der Waals surface area contributed by atoms with Crippen molar-refractivity contribution in [1.29, 1.82) is 0 Å². The van der Waals surface area contributed by atoms with Gasteiger partial charge in [0.15, 0.2) is 5.96 Å². The second kappa shape index (κ2) is 8.27. The number of rotatable bonds is 5. The molecule has 138 valence electrons. The number of guanidine groups is 1. The lowest BCUT2D eigenvalue weighted by atomic mass is 9.56. The predicted molar refractivity (Wildman–Crippen MR) is 110 cm³/mol. The standard InChI is InChI=1S/C16H29N5OS.HI/c1-10(2)13-21-20-12(23-13)9-18-14(17-6)19-11-8-16(5,22-7)15(11,3)4;/h10-11H,8-9H2,1-7H3,(H2,17,18,19);1H. The van der Waals surface area contributed by atoms with Crippen LogP contribution in [0.2, 0.25) is 0 Å². The lowest BCUT2D eigenvalue weighted by Gasteiger charge is -2.59. The summed E-state index contributed by atoms with van der Waals surface area (Å²) in [5.41, 5.74) is -0.0398. The molecule has 1 heterocycles. The summed E-state index contributed by atoms with van der Waals surface area (Å²) in [6, 6.07) is 0.333. The van der Waals surface area contributed by atoms with Crippen molar-refractivity contribution in [2.45, 2.75) is 65.1 Å². The minimum Gasteiger partial charge on any atom is -0.378 e. The average Bonchev–Trinajstić information content (AvgIpc) is 2.99. The number of hydrogen-bond donors (Lipinski definition) is 2. The van der Waals surface area contributed by atoms with Gasteiger partial charge in [-0.05, 0) is 13.3 Å². The highest BCUT2D eigenvalue weighted by Gasteiger charge is 2.58. The van der Waals surface area contributed by atoms with Crippen LogP contribution in [-0.2, 0) is 11.3 Å². The zero-order chi connectivity index (χ0) is 17.3. The molecule has 1 aliphatic carbocycles. The number of aliphatic imine (C=N–C) groups is 1. The smallest absolute Gasteiger partial charge is 0.191 e. The number of nitrogens with zero attached hydrogens (tertiary/aromatic N) is 3. The van der Waals surface area contributed by atoms with Crippen molar-refractivity contribution in [3.8, 4) is 0 Å². The van der Waals surface area contributed by atoms with E-state index in [1.54, 1.807) is 25.5 Å². The summed E-state index contributed by atoms with van der Waals surface area (Å²) < 4.78 is 5.67. The third kappa shape index (κ3) is 4.19. The predicted octanol–water partition coefficient (Wildman–Crippen LogP) is 3.15. The fourth-order valence-corrected chi connectivity index (χ4v) is 3.60. The maximum absolute atomic E-state index is 5.67. The number of nitrogens with one attached hydrogen (secondary N) is 2. The Bertz CT molecular complexity index is 575. The lowest BCUT2D eigenvalue weighted by molar-refractivity contribution is -0.176. The molecule has 2 atom stereocenters.